The highest BCUT2D eigenvalue weighted by Crippen LogP contribution is 2.12. The molecule has 1 rings (SSSR count). The largest absolute Gasteiger partial charge is 0.0654 e. The van der Waals surface area contributed by atoms with Gasteiger partial charge in [0.25, 0.3) is 0 Å². The molecule has 14 heavy (non-hydrogen) atoms. The molecule has 0 aliphatic heterocycles. The molecule has 0 saturated carbocycles. The van der Waals surface area contributed by atoms with Crippen LogP contribution in [0, 0.1) is 12.3 Å². The molecule has 0 aliphatic rings. The van der Waals surface area contributed by atoms with Crippen molar-refractivity contribution in [2.45, 2.75) is 40.0 Å². The molecule has 0 aromatic heterocycles. The van der Waals surface area contributed by atoms with Crippen molar-refractivity contribution in [3.8, 4) is 0 Å². The molecule has 1 radical (unpaired) electrons. The quantitative estimate of drug-likeness (QED) is 0.650. The van der Waals surface area contributed by atoms with Crippen LogP contribution in [-0.2, 0) is 6.42 Å². The summed E-state index contributed by atoms with van der Waals surface area (Å²) in [6, 6.07) is 8.96. The first kappa shape index (κ1) is 11.3. The molecule has 0 heterocycles. The second-order valence-corrected chi connectivity index (χ2v) is 4.33. The smallest absolute Gasteiger partial charge is 0.00932 e. The summed E-state index contributed by atoms with van der Waals surface area (Å²) < 4.78 is 0. The summed E-state index contributed by atoms with van der Waals surface area (Å²) in [6.45, 7) is 6.73. The number of benzene rings is 1. The molecule has 0 unspecified atom stereocenters. The van der Waals surface area contributed by atoms with E-state index >= 15 is 0 Å². The first-order chi connectivity index (χ1) is 6.72. The lowest BCUT2D eigenvalue weighted by Gasteiger charge is -2.05. The van der Waals surface area contributed by atoms with Crippen LogP contribution < -0.4 is 0 Å². The van der Waals surface area contributed by atoms with Gasteiger partial charge in [0.15, 0.2) is 0 Å². The van der Waals surface area contributed by atoms with E-state index in [2.05, 4.69) is 51.5 Å². The van der Waals surface area contributed by atoms with Crippen molar-refractivity contribution in [2.75, 3.05) is 0 Å². The van der Waals surface area contributed by atoms with E-state index in [0.29, 0.717) is 0 Å². The average Bonchev–Trinajstić information content (AvgIpc) is 2.16. The molecule has 0 saturated heterocycles. The zero-order chi connectivity index (χ0) is 10.4. The molecular formula is C14H21. The zero-order valence-corrected chi connectivity index (χ0v) is 9.59. The van der Waals surface area contributed by atoms with E-state index in [1.165, 1.54) is 30.4 Å². The van der Waals surface area contributed by atoms with Gasteiger partial charge in [-0.3, -0.25) is 0 Å². The van der Waals surface area contributed by atoms with Gasteiger partial charge in [0.05, 0.1) is 0 Å². The molecule has 0 bridgehead atoms. The fourth-order valence-corrected chi connectivity index (χ4v) is 1.57. The molecule has 0 heteroatoms. The highest BCUT2D eigenvalue weighted by atomic mass is 14.0. The van der Waals surface area contributed by atoms with E-state index in [-0.39, 0.29) is 0 Å². The van der Waals surface area contributed by atoms with Gasteiger partial charge in [-0.25, -0.2) is 0 Å². The lowest BCUT2D eigenvalue weighted by Crippen LogP contribution is -1.93. The van der Waals surface area contributed by atoms with E-state index in [4.69, 9.17) is 0 Å². The summed E-state index contributed by atoms with van der Waals surface area (Å²) in [7, 11) is 0. The van der Waals surface area contributed by atoms with E-state index in [9.17, 15) is 0 Å². The average molecular weight is 189 g/mol. The van der Waals surface area contributed by atoms with Gasteiger partial charge in [-0.15, -0.1) is 0 Å². The molecule has 0 amide bonds. The second-order valence-electron chi connectivity index (χ2n) is 4.33. The minimum absolute atomic E-state index is 0.750. The number of rotatable bonds is 5. The maximum absolute atomic E-state index is 2.30. The van der Waals surface area contributed by atoms with Crippen LogP contribution in [-0.4, -0.2) is 0 Å². The first-order valence-electron chi connectivity index (χ1n) is 5.64. The fourth-order valence-electron chi connectivity index (χ4n) is 1.57. The van der Waals surface area contributed by atoms with Crippen LogP contribution in [0.15, 0.2) is 24.3 Å². The predicted molar refractivity (Wildman–Crippen MR) is 63.3 cm³/mol. The van der Waals surface area contributed by atoms with Crippen LogP contribution in [0.5, 0.6) is 0 Å². The van der Waals surface area contributed by atoms with Crippen LogP contribution in [0.1, 0.15) is 44.7 Å². The Labute approximate surface area is 88.4 Å². The highest BCUT2D eigenvalue weighted by Gasteiger charge is 1.97. The minimum atomic E-state index is 0.750. The van der Waals surface area contributed by atoms with Gasteiger partial charge in [-0.05, 0) is 36.3 Å². The highest BCUT2D eigenvalue weighted by molar-refractivity contribution is 5.27. The minimum Gasteiger partial charge on any atom is -0.0654 e. The number of unbranched alkanes of at least 4 members (excludes halogenated alkanes) is 1. The summed E-state index contributed by atoms with van der Waals surface area (Å²) in [5, 5.41) is 0. The summed E-state index contributed by atoms with van der Waals surface area (Å²) in [6.07, 6.45) is 5.91. The van der Waals surface area contributed by atoms with Crippen LogP contribution in [0.3, 0.4) is 0 Å². The third-order valence-corrected chi connectivity index (χ3v) is 2.29. The van der Waals surface area contributed by atoms with Gasteiger partial charge in [0, 0.05) is 0 Å². The summed E-state index contributed by atoms with van der Waals surface area (Å²) in [5.74, 6) is 0.750. The third-order valence-electron chi connectivity index (χ3n) is 2.29. The third kappa shape index (κ3) is 3.95. The first-order valence-corrected chi connectivity index (χ1v) is 5.64. The van der Waals surface area contributed by atoms with Crippen molar-refractivity contribution in [1.29, 1.82) is 0 Å². The van der Waals surface area contributed by atoms with Crippen molar-refractivity contribution >= 4 is 0 Å². The van der Waals surface area contributed by atoms with Crippen LogP contribution >= 0.6 is 0 Å². The molecular weight excluding hydrogens is 168 g/mol. The summed E-state index contributed by atoms with van der Waals surface area (Å²) in [5.41, 5.74) is 2.81. The fraction of sp³-hybridized carbons (Fsp3) is 0.500. The monoisotopic (exact) mass is 189 g/mol. The van der Waals surface area contributed by atoms with Gasteiger partial charge in [0.1, 0.15) is 0 Å². The maximum Gasteiger partial charge on any atom is -0.00932 e. The Morgan fingerprint density at radius 3 is 2.29 bits per heavy atom. The molecule has 0 atom stereocenters. The standard InChI is InChI=1S/C14H21/c1-4-5-6-13-7-9-14(10-8-13)11-12(2)3/h6-10,12H,4-5,11H2,1-3H3. The van der Waals surface area contributed by atoms with Gasteiger partial charge >= 0.3 is 0 Å². The van der Waals surface area contributed by atoms with Gasteiger partial charge in [-0.2, -0.15) is 0 Å². The molecule has 1 aromatic carbocycles. The van der Waals surface area contributed by atoms with Crippen LogP contribution in [0.2, 0.25) is 0 Å². The van der Waals surface area contributed by atoms with Crippen LogP contribution in [0.4, 0.5) is 0 Å². The molecule has 0 spiro atoms. The number of hydrogen-bond donors (Lipinski definition) is 0. The molecule has 0 nitrogen and oxygen atoms in total. The Balaban J connectivity index is 2.50. The lowest BCUT2D eigenvalue weighted by atomic mass is 10.0. The summed E-state index contributed by atoms with van der Waals surface area (Å²) >= 11 is 0. The predicted octanol–water partition coefficient (Wildman–Crippen LogP) is 4.24. The lowest BCUT2D eigenvalue weighted by molar-refractivity contribution is 0.647. The van der Waals surface area contributed by atoms with Gasteiger partial charge in [0.2, 0.25) is 0 Å². The molecule has 0 fully saturated rings. The topological polar surface area (TPSA) is 0 Å². The van der Waals surface area contributed by atoms with Crippen molar-refractivity contribution in [3.05, 3.63) is 41.8 Å². The molecule has 77 valence electrons. The van der Waals surface area contributed by atoms with Crippen molar-refractivity contribution < 1.29 is 0 Å². The van der Waals surface area contributed by atoms with Crippen LogP contribution in [0.25, 0.3) is 0 Å². The molecule has 0 N–H and O–H groups in total. The number of hydrogen-bond acceptors (Lipinski definition) is 0. The van der Waals surface area contributed by atoms with Gasteiger partial charge < -0.3 is 0 Å². The van der Waals surface area contributed by atoms with E-state index in [1.807, 2.05) is 0 Å². The van der Waals surface area contributed by atoms with E-state index in [1.54, 1.807) is 0 Å². The molecule has 0 aliphatic carbocycles. The van der Waals surface area contributed by atoms with Crippen molar-refractivity contribution in [1.82, 2.24) is 0 Å². The van der Waals surface area contributed by atoms with Crippen molar-refractivity contribution in [3.63, 3.8) is 0 Å². The maximum atomic E-state index is 2.30. The van der Waals surface area contributed by atoms with Gasteiger partial charge in [-0.1, -0.05) is 51.5 Å². The Morgan fingerprint density at radius 1 is 1.14 bits per heavy atom. The Bertz CT molecular complexity index is 243. The SMILES string of the molecule is CCC[CH]c1ccc(CC(C)C)cc1. The summed E-state index contributed by atoms with van der Waals surface area (Å²) in [4.78, 5) is 0. The zero-order valence-electron chi connectivity index (χ0n) is 9.59. The molecule has 1 aromatic rings. The Morgan fingerprint density at radius 2 is 1.79 bits per heavy atom. The Hall–Kier alpha value is -0.780. The second kappa shape index (κ2) is 5.85. The normalized spacial score (nSPS) is 10.9. The van der Waals surface area contributed by atoms with Crippen molar-refractivity contribution in [2.24, 2.45) is 5.92 Å². The van der Waals surface area contributed by atoms with E-state index in [0.717, 1.165) is 5.92 Å². The Kier molecular flexibility index (Phi) is 4.72. The van der Waals surface area contributed by atoms with E-state index < -0.39 is 0 Å².